The number of carboxylic acids is 1. The summed E-state index contributed by atoms with van der Waals surface area (Å²) in [7, 11) is 0. The topological polar surface area (TPSA) is 55.8 Å². The van der Waals surface area contributed by atoms with E-state index in [-0.39, 0.29) is 5.57 Å². The van der Waals surface area contributed by atoms with Crippen LogP contribution in [0.25, 0.3) is 11.6 Å². The lowest BCUT2D eigenvalue weighted by atomic mass is 10.0. The van der Waals surface area contributed by atoms with Crippen LogP contribution in [0, 0.1) is 6.92 Å². The van der Waals surface area contributed by atoms with Crippen molar-refractivity contribution in [2.75, 3.05) is 13.2 Å². The molecular weight excluding hydrogens is 352 g/mol. The van der Waals surface area contributed by atoms with Crippen LogP contribution < -0.4 is 9.47 Å². The standard InChI is InChI=1S/C24H22O4/c1-18-8-7-12-21(16-18)27-14-15-28-23-13-6-5-11-20(23)17-22(24(25)26)19-9-3-2-4-10-19/h2-13,16-17H,14-15H2,1H3,(H,25,26)/b22-17-. The van der Waals surface area contributed by atoms with Gasteiger partial charge in [-0.2, -0.15) is 0 Å². The number of carbonyl (C=O) groups is 1. The average molecular weight is 374 g/mol. The molecule has 0 atom stereocenters. The van der Waals surface area contributed by atoms with Gasteiger partial charge in [-0.25, -0.2) is 4.79 Å². The normalized spacial score (nSPS) is 11.1. The van der Waals surface area contributed by atoms with Crippen LogP contribution in [-0.4, -0.2) is 24.3 Å². The van der Waals surface area contributed by atoms with Crippen LogP contribution in [-0.2, 0) is 4.79 Å². The summed E-state index contributed by atoms with van der Waals surface area (Å²) in [5.41, 5.74) is 2.70. The minimum absolute atomic E-state index is 0.215. The van der Waals surface area contributed by atoms with E-state index in [1.807, 2.05) is 73.7 Å². The SMILES string of the molecule is Cc1cccc(OCCOc2ccccc2/C=C(\C(=O)O)c2ccccc2)c1. The lowest BCUT2D eigenvalue weighted by Gasteiger charge is -2.11. The Bertz CT molecular complexity index is 961. The second-order valence-corrected chi connectivity index (χ2v) is 6.28. The number of para-hydroxylation sites is 1. The Balaban J connectivity index is 1.71. The second kappa shape index (κ2) is 9.42. The van der Waals surface area contributed by atoms with Crippen LogP contribution in [0.2, 0.25) is 0 Å². The van der Waals surface area contributed by atoms with E-state index in [4.69, 9.17) is 9.47 Å². The Morgan fingerprint density at radius 1 is 0.893 bits per heavy atom. The fourth-order valence-corrected chi connectivity index (χ4v) is 2.79. The lowest BCUT2D eigenvalue weighted by molar-refractivity contribution is -0.130. The summed E-state index contributed by atoms with van der Waals surface area (Å²) in [5, 5.41) is 9.61. The second-order valence-electron chi connectivity index (χ2n) is 6.28. The van der Waals surface area contributed by atoms with Gasteiger partial charge in [0.05, 0.1) is 5.57 Å². The van der Waals surface area contributed by atoms with Gasteiger partial charge < -0.3 is 14.6 Å². The van der Waals surface area contributed by atoms with Gasteiger partial charge in [0, 0.05) is 5.56 Å². The number of rotatable bonds is 8. The molecule has 0 amide bonds. The van der Waals surface area contributed by atoms with E-state index in [0.29, 0.717) is 30.1 Å². The third-order valence-electron chi connectivity index (χ3n) is 4.13. The molecule has 0 bridgehead atoms. The summed E-state index contributed by atoms with van der Waals surface area (Å²) in [6, 6.07) is 24.2. The Morgan fingerprint density at radius 3 is 2.36 bits per heavy atom. The predicted molar refractivity (Wildman–Crippen MR) is 111 cm³/mol. The first-order chi connectivity index (χ1) is 13.6. The zero-order valence-corrected chi connectivity index (χ0v) is 15.7. The van der Waals surface area contributed by atoms with Gasteiger partial charge in [0.2, 0.25) is 0 Å². The van der Waals surface area contributed by atoms with Gasteiger partial charge in [-0.3, -0.25) is 0 Å². The molecule has 0 fully saturated rings. The van der Waals surface area contributed by atoms with Crippen molar-refractivity contribution in [3.05, 3.63) is 95.6 Å². The summed E-state index contributed by atoms with van der Waals surface area (Å²) >= 11 is 0. The molecule has 0 saturated heterocycles. The number of benzene rings is 3. The first-order valence-corrected chi connectivity index (χ1v) is 9.05. The van der Waals surface area contributed by atoms with Gasteiger partial charge in [0.15, 0.2) is 0 Å². The first kappa shape index (κ1) is 19.2. The number of ether oxygens (including phenoxy) is 2. The largest absolute Gasteiger partial charge is 0.490 e. The Kier molecular flexibility index (Phi) is 6.47. The maximum Gasteiger partial charge on any atom is 0.336 e. The summed E-state index contributed by atoms with van der Waals surface area (Å²) in [6.07, 6.45) is 1.63. The zero-order valence-electron chi connectivity index (χ0n) is 15.7. The van der Waals surface area contributed by atoms with E-state index >= 15 is 0 Å². The van der Waals surface area contributed by atoms with Crippen LogP contribution in [0.4, 0.5) is 0 Å². The smallest absolute Gasteiger partial charge is 0.336 e. The molecule has 0 spiro atoms. The van der Waals surface area contributed by atoms with Gasteiger partial charge in [-0.15, -0.1) is 0 Å². The molecule has 0 aliphatic carbocycles. The fraction of sp³-hybridized carbons (Fsp3) is 0.125. The first-order valence-electron chi connectivity index (χ1n) is 9.05. The van der Waals surface area contributed by atoms with Crippen LogP contribution in [0.15, 0.2) is 78.9 Å². The van der Waals surface area contributed by atoms with Gasteiger partial charge in [0.25, 0.3) is 0 Å². The molecule has 28 heavy (non-hydrogen) atoms. The van der Waals surface area contributed by atoms with Gasteiger partial charge >= 0.3 is 5.97 Å². The van der Waals surface area contributed by atoms with Crippen molar-refractivity contribution in [3.8, 4) is 11.5 Å². The summed E-state index contributed by atoms with van der Waals surface area (Å²) < 4.78 is 11.5. The Hall–Kier alpha value is -3.53. The molecule has 0 aromatic heterocycles. The zero-order chi connectivity index (χ0) is 19.8. The lowest BCUT2D eigenvalue weighted by Crippen LogP contribution is -2.09. The summed E-state index contributed by atoms with van der Waals surface area (Å²) in [4.78, 5) is 11.7. The third-order valence-corrected chi connectivity index (χ3v) is 4.13. The Labute approximate surface area is 164 Å². The van der Waals surface area contributed by atoms with Crippen LogP contribution in [0.1, 0.15) is 16.7 Å². The van der Waals surface area contributed by atoms with Crippen molar-refractivity contribution >= 4 is 17.6 Å². The molecule has 142 valence electrons. The van der Waals surface area contributed by atoms with Crippen LogP contribution >= 0.6 is 0 Å². The van der Waals surface area contributed by atoms with Crippen molar-refractivity contribution in [1.29, 1.82) is 0 Å². The highest BCUT2D eigenvalue weighted by Gasteiger charge is 2.11. The van der Waals surface area contributed by atoms with E-state index < -0.39 is 5.97 Å². The van der Waals surface area contributed by atoms with E-state index in [2.05, 4.69) is 0 Å². The van der Waals surface area contributed by atoms with Gasteiger partial charge in [-0.1, -0.05) is 60.7 Å². The molecule has 0 aliphatic rings. The molecule has 0 radical (unpaired) electrons. The average Bonchev–Trinajstić information content (AvgIpc) is 2.71. The summed E-state index contributed by atoms with van der Waals surface area (Å²) in [6.45, 7) is 2.76. The minimum Gasteiger partial charge on any atom is -0.490 e. The molecule has 0 saturated carbocycles. The molecule has 3 aromatic carbocycles. The molecule has 0 aliphatic heterocycles. The van der Waals surface area contributed by atoms with E-state index in [1.54, 1.807) is 18.2 Å². The van der Waals surface area contributed by atoms with Crippen LogP contribution in [0.3, 0.4) is 0 Å². The van der Waals surface area contributed by atoms with E-state index in [9.17, 15) is 9.90 Å². The maximum absolute atomic E-state index is 11.7. The van der Waals surface area contributed by atoms with Crippen molar-refractivity contribution < 1.29 is 19.4 Å². The third kappa shape index (κ3) is 5.24. The predicted octanol–water partition coefficient (Wildman–Crippen LogP) is 5.08. The maximum atomic E-state index is 11.7. The van der Waals surface area contributed by atoms with Crippen molar-refractivity contribution in [1.82, 2.24) is 0 Å². The van der Waals surface area contributed by atoms with Crippen molar-refractivity contribution in [3.63, 3.8) is 0 Å². The Morgan fingerprint density at radius 2 is 1.61 bits per heavy atom. The fourth-order valence-electron chi connectivity index (χ4n) is 2.79. The van der Waals surface area contributed by atoms with Gasteiger partial charge in [-0.05, 0) is 42.3 Å². The molecule has 4 heteroatoms. The highest BCUT2D eigenvalue weighted by atomic mass is 16.5. The van der Waals surface area contributed by atoms with E-state index in [1.165, 1.54) is 0 Å². The number of aryl methyl sites for hydroxylation is 1. The van der Waals surface area contributed by atoms with Crippen molar-refractivity contribution in [2.24, 2.45) is 0 Å². The molecule has 4 nitrogen and oxygen atoms in total. The molecule has 3 rings (SSSR count). The molecular formula is C24H22O4. The van der Waals surface area contributed by atoms with Crippen LogP contribution in [0.5, 0.6) is 11.5 Å². The number of aliphatic carboxylic acids is 1. The monoisotopic (exact) mass is 374 g/mol. The molecule has 0 heterocycles. The molecule has 0 unspecified atom stereocenters. The molecule has 3 aromatic rings. The number of hydrogen-bond donors (Lipinski definition) is 1. The minimum atomic E-state index is -0.983. The number of carboxylic acid groups (broad SMARTS) is 1. The van der Waals surface area contributed by atoms with Gasteiger partial charge in [0.1, 0.15) is 24.7 Å². The highest BCUT2D eigenvalue weighted by Crippen LogP contribution is 2.25. The summed E-state index contributed by atoms with van der Waals surface area (Å²) in [5.74, 6) is 0.433. The quantitative estimate of drug-likeness (QED) is 0.339. The highest BCUT2D eigenvalue weighted by molar-refractivity contribution is 6.20. The van der Waals surface area contributed by atoms with E-state index in [0.717, 1.165) is 11.3 Å². The molecule has 1 N–H and O–H groups in total. The number of hydrogen-bond acceptors (Lipinski definition) is 3. The van der Waals surface area contributed by atoms with Crippen molar-refractivity contribution in [2.45, 2.75) is 6.92 Å².